The van der Waals surface area contributed by atoms with E-state index < -0.39 is 11.9 Å². The molecule has 0 aromatic carbocycles. The smallest absolute Gasteiger partial charge is 0.348 e. The quantitative estimate of drug-likeness (QED) is 0.771. The van der Waals surface area contributed by atoms with Gasteiger partial charge in [0.15, 0.2) is 0 Å². The molecule has 3 rings (SSSR count). The minimum Gasteiger partial charge on any atom is -0.478 e. The molecule has 0 unspecified atom stereocenters. The van der Waals surface area contributed by atoms with Gasteiger partial charge < -0.3 is 15.9 Å². The Kier molecular flexibility index (Phi) is 2.46. The molecule has 0 atom stereocenters. The molecular weight excluding hydrogens is 268 g/mol. The molecule has 2 aromatic heterocycles. The molecule has 2 heterocycles. The van der Waals surface area contributed by atoms with Crippen LogP contribution >= 0.6 is 11.3 Å². The number of pyridine rings is 1. The summed E-state index contributed by atoms with van der Waals surface area (Å²) in [5, 5.41) is 18.7. The number of carboxylic acid groups (broad SMARTS) is 2. The van der Waals surface area contributed by atoms with Crippen molar-refractivity contribution in [2.24, 2.45) is 0 Å². The van der Waals surface area contributed by atoms with Gasteiger partial charge in [-0.3, -0.25) is 0 Å². The summed E-state index contributed by atoms with van der Waals surface area (Å²) in [5.41, 5.74) is 7.38. The Hall–Kier alpha value is -2.15. The maximum atomic E-state index is 11.5. The van der Waals surface area contributed by atoms with Gasteiger partial charge in [0.25, 0.3) is 0 Å². The lowest BCUT2D eigenvalue weighted by Gasteiger charge is -2.06. The van der Waals surface area contributed by atoms with E-state index in [1.165, 1.54) is 0 Å². The van der Waals surface area contributed by atoms with Crippen molar-refractivity contribution in [3.63, 3.8) is 0 Å². The lowest BCUT2D eigenvalue weighted by atomic mass is 10.0. The van der Waals surface area contributed by atoms with Gasteiger partial charge in [-0.05, 0) is 24.8 Å². The lowest BCUT2D eigenvalue weighted by Crippen LogP contribution is -2.06. The number of anilines is 1. The van der Waals surface area contributed by atoms with Crippen molar-refractivity contribution in [1.82, 2.24) is 4.98 Å². The molecule has 4 N–H and O–H groups in total. The molecule has 0 amide bonds. The van der Waals surface area contributed by atoms with Gasteiger partial charge >= 0.3 is 11.9 Å². The first-order valence-electron chi connectivity index (χ1n) is 5.71. The van der Waals surface area contributed by atoms with Crippen molar-refractivity contribution in [2.45, 2.75) is 19.3 Å². The Morgan fingerprint density at radius 2 is 1.95 bits per heavy atom. The molecular formula is C12H10N2O4S. The van der Waals surface area contributed by atoms with Crippen molar-refractivity contribution in [1.29, 1.82) is 0 Å². The van der Waals surface area contributed by atoms with Crippen molar-refractivity contribution < 1.29 is 19.8 Å². The number of hydrogen-bond donors (Lipinski definition) is 3. The van der Waals surface area contributed by atoms with Crippen LogP contribution in [0.2, 0.25) is 0 Å². The molecule has 1 aliphatic rings. The Bertz CT molecular complexity index is 735. The van der Waals surface area contributed by atoms with Gasteiger partial charge in [-0.2, -0.15) is 0 Å². The SMILES string of the molecule is Nc1c(C(=O)O)sc2nc3c(c(C(=O)O)c12)CCC3. The van der Waals surface area contributed by atoms with E-state index in [0.717, 1.165) is 29.9 Å². The number of hydrogen-bond acceptors (Lipinski definition) is 5. The number of carboxylic acids is 2. The van der Waals surface area contributed by atoms with Gasteiger partial charge in [0.05, 0.1) is 16.6 Å². The fraction of sp³-hybridized carbons (Fsp3) is 0.250. The summed E-state index contributed by atoms with van der Waals surface area (Å²) in [7, 11) is 0. The summed E-state index contributed by atoms with van der Waals surface area (Å²) in [6.07, 6.45) is 2.24. The molecule has 0 saturated carbocycles. The van der Waals surface area contributed by atoms with Crippen molar-refractivity contribution in [3.05, 3.63) is 21.7 Å². The van der Waals surface area contributed by atoms with Gasteiger partial charge in [0.2, 0.25) is 0 Å². The second kappa shape index (κ2) is 3.92. The van der Waals surface area contributed by atoms with E-state index in [-0.39, 0.29) is 21.5 Å². The second-order valence-electron chi connectivity index (χ2n) is 4.40. The zero-order valence-corrected chi connectivity index (χ0v) is 10.6. The average Bonchev–Trinajstić information content (AvgIpc) is 2.91. The summed E-state index contributed by atoms with van der Waals surface area (Å²) < 4.78 is 0. The van der Waals surface area contributed by atoms with Crippen LogP contribution in [0.4, 0.5) is 5.69 Å². The second-order valence-corrected chi connectivity index (χ2v) is 5.40. The van der Waals surface area contributed by atoms with Crippen LogP contribution in [-0.4, -0.2) is 27.1 Å². The van der Waals surface area contributed by atoms with Crippen LogP contribution in [0.5, 0.6) is 0 Å². The minimum absolute atomic E-state index is 0.00657. The van der Waals surface area contributed by atoms with Gasteiger partial charge in [-0.1, -0.05) is 0 Å². The minimum atomic E-state index is -1.16. The monoisotopic (exact) mass is 278 g/mol. The molecule has 2 aromatic rings. The highest BCUT2D eigenvalue weighted by molar-refractivity contribution is 7.21. The first-order valence-corrected chi connectivity index (χ1v) is 6.52. The topological polar surface area (TPSA) is 114 Å². The van der Waals surface area contributed by atoms with Crippen LogP contribution in [-0.2, 0) is 12.8 Å². The number of nitrogens with two attached hydrogens (primary N) is 1. The van der Waals surface area contributed by atoms with E-state index in [4.69, 9.17) is 10.8 Å². The third kappa shape index (κ3) is 1.58. The van der Waals surface area contributed by atoms with E-state index in [2.05, 4.69) is 4.98 Å². The largest absolute Gasteiger partial charge is 0.478 e. The van der Waals surface area contributed by atoms with E-state index in [0.29, 0.717) is 16.8 Å². The summed E-state index contributed by atoms with van der Waals surface area (Å²) in [5.74, 6) is -2.23. The normalized spacial score (nSPS) is 13.7. The molecule has 19 heavy (non-hydrogen) atoms. The predicted molar refractivity (Wildman–Crippen MR) is 70.0 cm³/mol. The fourth-order valence-corrected chi connectivity index (χ4v) is 3.50. The number of nitrogens with zero attached hydrogens (tertiary/aromatic N) is 1. The zero-order valence-electron chi connectivity index (χ0n) is 9.77. The molecule has 0 spiro atoms. The number of rotatable bonds is 2. The molecule has 6 nitrogen and oxygen atoms in total. The van der Waals surface area contributed by atoms with E-state index in [1.54, 1.807) is 0 Å². The molecule has 0 radical (unpaired) electrons. The third-order valence-corrected chi connectivity index (χ3v) is 4.40. The van der Waals surface area contributed by atoms with E-state index in [9.17, 15) is 14.7 Å². The van der Waals surface area contributed by atoms with Gasteiger partial charge in [-0.25, -0.2) is 14.6 Å². The molecule has 1 aliphatic carbocycles. The number of fused-ring (bicyclic) bond motifs is 2. The molecule has 0 fully saturated rings. The maximum Gasteiger partial charge on any atom is 0.348 e. The molecule has 7 heteroatoms. The van der Waals surface area contributed by atoms with Crippen LogP contribution in [0.3, 0.4) is 0 Å². The molecule has 0 bridgehead atoms. The van der Waals surface area contributed by atoms with Gasteiger partial charge in [0.1, 0.15) is 9.71 Å². The van der Waals surface area contributed by atoms with Crippen LogP contribution in [0.1, 0.15) is 37.7 Å². The summed E-state index contributed by atoms with van der Waals surface area (Å²) in [6.45, 7) is 0. The van der Waals surface area contributed by atoms with Crippen LogP contribution in [0.25, 0.3) is 10.2 Å². The number of aryl methyl sites for hydroxylation is 1. The summed E-state index contributed by atoms with van der Waals surface area (Å²) in [4.78, 5) is 27.3. The Balaban J connectivity index is 2.46. The van der Waals surface area contributed by atoms with E-state index in [1.807, 2.05) is 0 Å². The van der Waals surface area contributed by atoms with Crippen LogP contribution in [0, 0.1) is 0 Å². The standard InChI is InChI=1S/C12H10N2O4S/c13-8-7-6(11(15)16)4-2-1-3-5(4)14-10(7)19-9(8)12(17)18/h1-3,13H2,(H,15,16)(H,17,18). The summed E-state index contributed by atoms with van der Waals surface area (Å²) >= 11 is 0.931. The number of nitrogen functional groups attached to an aromatic ring is 1. The first kappa shape index (κ1) is 11.9. The zero-order chi connectivity index (χ0) is 13.7. The highest BCUT2D eigenvalue weighted by Gasteiger charge is 2.28. The number of thiophene rings is 1. The number of aromatic carboxylic acids is 2. The lowest BCUT2D eigenvalue weighted by molar-refractivity contribution is 0.0688. The van der Waals surface area contributed by atoms with Crippen molar-refractivity contribution in [3.8, 4) is 0 Å². The molecule has 0 saturated heterocycles. The Labute approximate surface area is 111 Å². The average molecular weight is 278 g/mol. The van der Waals surface area contributed by atoms with Gasteiger partial charge in [-0.15, -0.1) is 11.3 Å². The third-order valence-electron chi connectivity index (χ3n) is 3.31. The van der Waals surface area contributed by atoms with Crippen LogP contribution in [0.15, 0.2) is 0 Å². The van der Waals surface area contributed by atoms with Crippen LogP contribution < -0.4 is 5.73 Å². The number of aromatic nitrogens is 1. The predicted octanol–water partition coefficient (Wildman–Crippen LogP) is 1.76. The van der Waals surface area contributed by atoms with Crippen molar-refractivity contribution in [2.75, 3.05) is 5.73 Å². The fourth-order valence-electron chi connectivity index (χ4n) is 2.54. The summed E-state index contributed by atoms with van der Waals surface area (Å²) in [6, 6.07) is 0. The Morgan fingerprint density at radius 3 is 2.58 bits per heavy atom. The van der Waals surface area contributed by atoms with E-state index >= 15 is 0 Å². The Morgan fingerprint density at radius 1 is 1.21 bits per heavy atom. The highest BCUT2D eigenvalue weighted by Crippen LogP contribution is 2.39. The first-order chi connectivity index (χ1) is 9.00. The molecule has 98 valence electrons. The maximum absolute atomic E-state index is 11.5. The van der Waals surface area contributed by atoms with Gasteiger partial charge in [0, 0.05) is 5.69 Å². The highest BCUT2D eigenvalue weighted by atomic mass is 32.1. The van der Waals surface area contributed by atoms with Crippen molar-refractivity contribution >= 4 is 39.2 Å². The number of carbonyl (C=O) groups is 2. The molecule has 0 aliphatic heterocycles.